The summed E-state index contributed by atoms with van der Waals surface area (Å²) in [6.45, 7) is 3.64. The van der Waals surface area contributed by atoms with E-state index in [1.54, 1.807) is 0 Å². The van der Waals surface area contributed by atoms with Crippen molar-refractivity contribution in [1.82, 2.24) is 5.32 Å². The van der Waals surface area contributed by atoms with Crippen molar-refractivity contribution in [1.29, 1.82) is 0 Å². The van der Waals surface area contributed by atoms with Crippen LogP contribution >= 0.6 is 23.2 Å². The molecule has 1 aromatic carbocycles. The van der Waals surface area contributed by atoms with Crippen molar-refractivity contribution in [2.75, 3.05) is 32.9 Å². The minimum atomic E-state index is -0.372. The third-order valence-corrected chi connectivity index (χ3v) is 5.43. The fourth-order valence-electron chi connectivity index (χ4n) is 3.37. The largest absolute Gasteiger partial charge is 0.367 e. The van der Waals surface area contributed by atoms with Crippen molar-refractivity contribution < 1.29 is 14.2 Å². The lowest BCUT2D eigenvalue weighted by molar-refractivity contribution is -0.179. The molecule has 2 aliphatic heterocycles. The van der Waals surface area contributed by atoms with Gasteiger partial charge in [-0.2, -0.15) is 0 Å². The molecule has 4 nitrogen and oxygen atoms in total. The van der Waals surface area contributed by atoms with Crippen molar-refractivity contribution in [2.24, 2.45) is 0 Å². The van der Waals surface area contributed by atoms with Crippen molar-refractivity contribution >= 4 is 23.2 Å². The molecule has 0 aliphatic carbocycles. The highest BCUT2D eigenvalue weighted by Gasteiger charge is 2.35. The van der Waals surface area contributed by atoms with Gasteiger partial charge in [-0.25, -0.2) is 0 Å². The van der Waals surface area contributed by atoms with Crippen LogP contribution in [0.2, 0.25) is 10.0 Å². The summed E-state index contributed by atoms with van der Waals surface area (Å²) in [5.74, 6) is 0. The van der Waals surface area contributed by atoms with E-state index < -0.39 is 0 Å². The number of ether oxygens (including phenoxy) is 3. The first-order chi connectivity index (χ1) is 11.7. The Morgan fingerprint density at radius 1 is 1.17 bits per heavy atom. The zero-order chi connectivity index (χ0) is 16.8. The smallest absolute Gasteiger partial charge is 0.157 e. The van der Waals surface area contributed by atoms with Crippen LogP contribution in [0, 0.1) is 0 Å². The topological polar surface area (TPSA) is 39.7 Å². The highest BCUT2D eigenvalue weighted by molar-refractivity contribution is 6.42. The lowest BCUT2D eigenvalue weighted by Crippen LogP contribution is -2.46. The number of nitrogens with one attached hydrogen (secondary N) is 1. The first-order valence-electron chi connectivity index (χ1n) is 8.73. The van der Waals surface area contributed by atoms with Gasteiger partial charge in [-0.15, -0.1) is 0 Å². The van der Waals surface area contributed by atoms with E-state index in [1.807, 2.05) is 18.2 Å². The second-order valence-electron chi connectivity index (χ2n) is 6.42. The summed E-state index contributed by atoms with van der Waals surface area (Å²) in [7, 11) is 0. The second kappa shape index (κ2) is 8.84. The Kier molecular flexibility index (Phi) is 6.79. The average molecular weight is 374 g/mol. The van der Waals surface area contributed by atoms with Crippen LogP contribution in [-0.2, 0) is 19.8 Å². The number of rotatable bonds is 6. The van der Waals surface area contributed by atoms with Crippen molar-refractivity contribution in [3.05, 3.63) is 33.8 Å². The van der Waals surface area contributed by atoms with Crippen LogP contribution in [0.25, 0.3) is 0 Å². The maximum atomic E-state index is 6.30. The predicted molar refractivity (Wildman–Crippen MR) is 95.7 cm³/mol. The lowest BCUT2D eigenvalue weighted by atomic mass is 9.86. The molecule has 2 fully saturated rings. The van der Waals surface area contributed by atoms with E-state index in [9.17, 15) is 0 Å². The molecule has 2 aliphatic rings. The summed E-state index contributed by atoms with van der Waals surface area (Å²) in [6.07, 6.45) is 5.21. The summed E-state index contributed by atoms with van der Waals surface area (Å²) < 4.78 is 17.7. The second-order valence-corrected chi connectivity index (χ2v) is 7.23. The summed E-state index contributed by atoms with van der Waals surface area (Å²) in [6, 6.07) is 5.76. The summed E-state index contributed by atoms with van der Waals surface area (Å²) in [5, 5.41) is 4.56. The van der Waals surface area contributed by atoms with Gasteiger partial charge in [0.2, 0.25) is 0 Å². The lowest BCUT2D eigenvalue weighted by Gasteiger charge is -2.38. The first-order valence-corrected chi connectivity index (χ1v) is 9.49. The summed E-state index contributed by atoms with van der Waals surface area (Å²) in [4.78, 5) is 0. The predicted octanol–water partition coefficient (Wildman–Crippen LogP) is 4.13. The maximum Gasteiger partial charge on any atom is 0.157 e. The van der Waals surface area contributed by atoms with Crippen LogP contribution in [0.3, 0.4) is 0 Å². The number of hydrogen-bond acceptors (Lipinski definition) is 4. The van der Waals surface area contributed by atoms with Gasteiger partial charge in [-0.05, 0) is 56.3 Å². The van der Waals surface area contributed by atoms with Gasteiger partial charge in [0.1, 0.15) is 5.60 Å². The normalized spacial score (nSPS) is 28.0. The molecular formula is C18H25Cl2NO3. The number of halogens is 2. The number of benzene rings is 1. The van der Waals surface area contributed by atoms with Crippen LogP contribution in [-0.4, -0.2) is 39.2 Å². The van der Waals surface area contributed by atoms with Gasteiger partial charge in [0.05, 0.1) is 23.3 Å². The molecule has 0 amide bonds. The quantitative estimate of drug-likeness (QED) is 0.760. The van der Waals surface area contributed by atoms with Gasteiger partial charge in [0, 0.05) is 13.2 Å². The molecule has 2 heterocycles. The molecule has 0 aromatic heterocycles. The maximum absolute atomic E-state index is 6.30. The van der Waals surface area contributed by atoms with E-state index in [1.165, 1.54) is 6.42 Å². The molecule has 24 heavy (non-hydrogen) atoms. The Labute approximate surface area is 153 Å². The highest BCUT2D eigenvalue weighted by Crippen LogP contribution is 2.35. The molecule has 2 unspecified atom stereocenters. The third-order valence-electron chi connectivity index (χ3n) is 4.69. The molecular weight excluding hydrogens is 349 g/mol. The van der Waals surface area contributed by atoms with Crippen LogP contribution in [0.5, 0.6) is 0 Å². The molecule has 2 saturated heterocycles. The van der Waals surface area contributed by atoms with E-state index >= 15 is 0 Å². The molecule has 0 saturated carbocycles. The Bertz CT molecular complexity index is 529. The Hall–Kier alpha value is -0.360. The molecule has 1 N–H and O–H groups in total. The zero-order valence-electron chi connectivity index (χ0n) is 13.9. The molecule has 3 rings (SSSR count). The van der Waals surface area contributed by atoms with Crippen molar-refractivity contribution in [3.63, 3.8) is 0 Å². The van der Waals surface area contributed by atoms with Crippen molar-refractivity contribution in [3.8, 4) is 0 Å². The molecule has 0 bridgehead atoms. The minimum absolute atomic E-state index is 0.0762. The molecule has 2 atom stereocenters. The van der Waals surface area contributed by atoms with E-state index in [-0.39, 0.29) is 11.9 Å². The molecule has 0 radical (unpaired) electrons. The van der Waals surface area contributed by atoms with Gasteiger partial charge in [-0.3, -0.25) is 0 Å². The number of hydrogen-bond donors (Lipinski definition) is 1. The number of piperidine rings is 1. The fraction of sp³-hybridized carbons (Fsp3) is 0.667. The Balaban J connectivity index is 1.59. The SMILES string of the molecule is Clc1ccc(C2(OCCOC3CCCCO3)CCCNC2)cc1Cl. The monoisotopic (exact) mass is 373 g/mol. The van der Waals surface area contributed by atoms with E-state index in [0.29, 0.717) is 23.3 Å². The van der Waals surface area contributed by atoms with E-state index in [0.717, 1.165) is 50.9 Å². The Morgan fingerprint density at radius 3 is 2.79 bits per heavy atom. The van der Waals surface area contributed by atoms with Crippen molar-refractivity contribution in [2.45, 2.75) is 44.0 Å². The summed E-state index contributed by atoms with van der Waals surface area (Å²) >= 11 is 12.3. The van der Waals surface area contributed by atoms with Gasteiger partial charge in [0.15, 0.2) is 6.29 Å². The average Bonchev–Trinajstić information content (AvgIpc) is 2.63. The minimum Gasteiger partial charge on any atom is -0.367 e. The third kappa shape index (κ3) is 4.63. The van der Waals surface area contributed by atoms with Crippen LogP contribution in [0.4, 0.5) is 0 Å². The van der Waals surface area contributed by atoms with E-state index in [4.69, 9.17) is 37.4 Å². The fourth-order valence-corrected chi connectivity index (χ4v) is 3.67. The van der Waals surface area contributed by atoms with Gasteiger partial charge in [0.25, 0.3) is 0 Å². The zero-order valence-corrected chi connectivity index (χ0v) is 15.4. The highest BCUT2D eigenvalue weighted by atomic mass is 35.5. The van der Waals surface area contributed by atoms with Crippen LogP contribution in [0.15, 0.2) is 18.2 Å². The molecule has 0 spiro atoms. The summed E-state index contributed by atoms with van der Waals surface area (Å²) in [5.41, 5.74) is 0.696. The standard InChI is InChI=1S/C18H25Cl2NO3/c19-15-6-5-14(12-16(15)20)18(7-3-8-21-13-18)24-11-10-23-17-4-1-2-9-22-17/h5-6,12,17,21H,1-4,7-11,13H2. The van der Waals surface area contributed by atoms with Gasteiger partial charge in [-0.1, -0.05) is 29.3 Å². The first kappa shape index (κ1) is 18.4. The van der Waals surface area contributed by atoms with Crippen LogP contribution in [0.1, 0.15) is 37.7 Å². The molecule has 6 heteroatoms. The van der Waals surface area contributed by atoms with E-state index in [2.05, 4.69) is 5.32 Å². The molecule has 134 valence electrons. The van der Waals surface area contributed by atoms with Gasteiger partial charge >= 0.3 is 0 Å². The Morgan fingerprint density at radius 2 is 2.08 bits per heavy atom. The molecule has 1 aromatic rings. The van der Waals surface area contributed by atoms with Gasteiger partial charge < -0.3 is 19.5 Å². The van der Waals surface area contributed by atoms with Crippen LogP contribution < -0.4 is 5.32 Å².